The molecule has 0 spiro atoms. The largest absolute Gasteiger partial charge is 0.316 e. The van der Waals surface area contributed by atoms with E-state index in [1.54, 1.807) is 0 Å². The lowest BCUT2D eigenvalue weighted by atomic mass is 10.1. The van der Waals surface area contributed by atoms with Gasteiger partial charge in [0.1, 0.15) is 0 Å². The molecule has 2 heteroatoms. The van der Waals surface area contributed by atoms with Crippen molar-refractivity contribution in [3.05, 3.63) is 35.9 Å². The van der Waals surface area contributed by atoms with Gasteiger partial charge in [-0.1, -0.05) is 30.3 Å². The van der Waals surface area contributed by atoms with Crippen LogP contribution < -0.4 is 5.32 Å². The van der Waals surface area contributed by atoms with Gasteiger partial charge >= 0.3 is 0 Å². The number of nitrogens with zero attached hydrogens (tertiary/aromatic N) is 1. The summed E-state index contributed by atoms with van der Waals surface area (Å²) in [6.07, 6.45) is 3.80. The predicted molar refractivity (Wildman–Crippen MR) is 68.7 cm³/mol. The minimum Gasteiger partial charge on any atom is -0.316 e. The molecule has 1 aliphatic heterocycles. The van der Waals surface area contributed by atoms with Gasteiger partial charge in [-0.2, -0.15) is 0 Å². The Labute approximate surface area is 98.7 Å². The van der Waals surface area contributed by atoms with E-state index < -0.39 is 0 Å². The van der Waals surface area contributed by atoms with Gasteiger partial charge in [0.2, 0.25) is 0 Å². The third kappa shape index (κ3) is 3.32. The van der Waals surface area contributed by atoms with Crippen molar-refractivity contribution in [3.63, 3.8) is 0 Å². The number of hydrogen-bond acceptors (Lipinski definition) is 2. The van der Waals surface area contributed by atoms with Crippen LogP contribution in [0.1, 0.15) is 18.4 Å². The molecule has 1 atom stereocenters. The fourth-order valence-corrected chi connectivity index (χ4v) is 2.42. The highest BCUT2D eigenvalue weighted by atomic mass is 15.2. The van der Waals surface area contributed by atoms with E-state index in [1.165, 1.54) is 44.5 Å². The number of likely N-dealkylation sites (tertiary alicyclic amines) is 1. The molecule has 0 unspecified atom stereocenters. The van der Waals surface area contributed by atoms with Crippen LogP contribution in [0.4, 0.5) is 0 Å². The monoisotopic (exact) mass is 218 g/mol. The van der Waals surface area contributed by atoms with E-state index >= 15 is 0 Å². The van der Waals surface area contributed by atoms with Crippen LogP contribution in [0.5, 0.6) is 0 Å². The number of benzene rings is 1. The Kier molecular flexibility index (Phi) is 4.37. The van der Waals surface area contributed by atoms with Crippen LogP contribution in [0.15, 0.2) is 30.3 Å². The van der Waals surface area contributed by atoms with Gasteiger partial charge in [0.05, 0.1) is 0 Å². The summed E-state index contributed by atoms with van der Waals surface area (Å²) in [5, 5.41) is 3.36. The summed E-state index contributed by atoms with van der Waals surface area (Å²) in [4.78, 5) is 2.57. The lowest BCUT2D eigenvalue weighted by Crippen LogP contribution is -2.30. The summed E-state index contributed by atoms with van der Waals surface area (Å²) in [6.45, 7) is 3.73. The third-order valence-corrected chi connectivity index (χ3v) is 3.46. The maximum absolute atomic E-state index is 3.36. The summed E-state index contributed by atoms with van der Waals surface area (Å²) < 4.78 is 0. The van der Waals surface area contributed by atoms with Gasteiger partial charge in [0, 0.05) is 12.6 Å². The highest BCUT2D eigenvalue weighted by molar-refractivity contribution is 5.14. The van der Waals surface area contributed by atoms with E-state index in [9.17, 15) is 0 Å². The topological polar surface area (TPSA) is 15.3 Å². The number of likely N-dealkylation sites (N-methyl/N-ethyl adjacent to an activating group) is 1. The van der Waals surface area contributed by atoms with Crippen molar-refractivity contribution in [2.75, 3.05) is 26.7 Å². The molecule has 2 rings (SSSR count). The molecule has 1 aromatic carbocycles. The van der Waals surface area contributed by atoms with Crippen LogP contribution in [0.25, 0.3) is 0 Å². The van der Waals surface area contributed by atoms with Gasteiger partial charge < -0.3 is 10.2 Å². The Morgan fingerprint density at radius 3 is 2.81 bits per heavy atom. The maximum Gasteiger partial charge on any atom is 0.0204 e. The van der Waals surface area contributed by atoms with Crippen molar-refractivity contribution in [2.24, 2.45) is 0 Å². The first-order valence-corrected chi connectivity index (χ1v) is 6.32. The van der Waals surface area contributed by atoms with Gasteiger partial charge in [-0.05, 0) is 45.0 Å². The molecule has 1 fully saturated rings. The lowest BCUT2D eigenvalue weighted by molar-refractivity contribution is 0.325. The second-order valence-electron chi connectivity index (χ2n) is 4.66. The number of rotatable bonds is 5. The second kappa shape index (κ2) is 6.02. The van der Waals surface area contributed by atoms with E-state index in [4.69, 9.17) is 0 Å². The smallest absolute Gasteiger partial charge is 0.0204 e. The number of nitrogens with one attached hydrogen (secondary N) is 1. The van der Waals surface area contributed by atoms with E-state index in [-0.39, 0.29) is 0 Å². The summed E-state index contributed by atoms with van der Waals surface area (Å²) in [5.41, 5.74) is 1.46. The van der Waals surface area contributed by atoms with E-state index in [0.29, 0.717) is 0 Å². The standard InChI is InChI=1S/C14H22N2/c1-15-14-9-11-16(12-14)10-5-8-13-6-3-2-4-7-13/h2-4,6-7,14-15H,5,8-12H2,1H3/t14-/m0/s1. The molecule has 0 aromatic heterocycles. The van der Waals surface area contributed by atoms with Crippen LogP contribution in [-0.2, 0) is 6.42 Å². The Bertz CT molecular complexity index is 297. The molecule has 1 heterocycles. The van der Waals surface area contributed by atoms with Crippen molar-refractivity contribution in [1.29, 1.82) is 0 Å². The summed E-state index contributed by atoms with van der Waals surface area (Å²) in [6, 6.07) is 11.5. The average Bonchev–Trinajstić information content (AvgIpc) is 2.78. The van der Waals surface area contributed by atoms with Crippen LogP contribution >= 0.6 is 0 Å². The Morgan fingerprint density at radius 2 is 2.12 bits per heavy atom. The maximum atomic E-state index is 3.36. The molecule has 0 saturated carbocycles. The first-order valence-electron chi connectivity index (χ1n) is 6.32. The zero-order chi connectivity index (χ0) is 11.2. The lowest BCUT2D eigenvalue weighted by Gasteiger charge is -2.15. The van der Waals surface area contributed by atoms with Crippen LogP contribution in [-0.4, -0.2) is 37.6 Å². The second-order valence-corrected chi connectivity index (χ2v) is 4.66. The van der Waals surface area contributed by atoms with Gasteiger partial charge in [0.15, 0.2) is 0 Å². The van der Waals surface area contributed by atoms with Gasteiger partial charge in [-0.3, -0.25) is 0 Å². The first kappa shape index (κ1) is 11.6. The molecule has 0 bridgehead atoms. The Morgan fingerprint density at radius 1 is 1.31 bits per heavy atom. The normalized spacial score (nSPS) is 21.4. The minimum absolute atomic E-state index is 0.719. The molecular weight excluding hydrogens is 196 g/mol. The third-order valence-electron chi connectivity index (χ3n) is 3.46. The summed E-state index contributed by atoms with van der Waals surface area (Å²) in [5.74, 6) is 0. The highest BCUT2D eigenvalue weighted by Gasteiger charge is 2.19. The van der Waals surface area contributed by atoms with Crippen LogP contribution in [0.2, 0.25) is 0 Å². The van der Waals surface area contributed by atoms with E-state index in [1.807, 2.05) is 0 Å². The molecule has 88 valence electrons. The number of hydrogen-bond donors (Lipinski definition) is 1. The van der Waals surface area contributed by atoms with E-state index in [0.717, 1.165) is 6.04 Å². The molecule has 16 heavy (non-hydrogen) atoms. The fraction of sp³-hybridized carbons (Fsp3) is 0.571. The van der Waals surface area contributed by atoms with Gasteiger partial charge in [0.25, 0.3) is 0 Å². The quantitative estimate of drug-likeness (QED) is 0.812. The Balaban J connectivity index is 1.65. The zero-order valence-electron chi connectivity index (χ0n) is 10.2. The molecule has 0 aliphatic carbocycles. The zero-order valence-corrected chi connectivity index (χ0v) is 10.2. The SMILES string of the molecule is CN[C@H]1CCN(CCCc2ccccc2)C1. The van der Waals surface area contributed by atoms with Gasteiger partial charge in [-0.25, -0.2) is 0 Å². The minimum atomic E-state index is 0.719. The molecule has 0 radical (unpaired) electrons. The van der Waals surface area contributed by atoms with Gasteiger partial charge in [-0.15, -0.1) is 0 Å². The number of aryl methyl sites for hydroxylation is 1. The molecular formula is C14H22N2. The molecule has 1 aliphatic rings. The molecule has 2 nitrogen and oxygen atoms in total. The average molecular weight is 218 g/mol. The van der Waals surface area contributed by atoms with Crippen molar-refractivity contribution in [3.8, 4) is 0 Å². The predicted octanol–water partition coefficient (Wildman–Crippen LogP) is 1.91. The van der Waals surface area contributed by atoms with E-state index in [2.05, 4.69) is 47.6 Å². The molecule has 1 N–H and O–H groups in total. The fourth-order valence-electron chi connectivity index (χ4n) is 2.42. The van der Waals surface area contributed by atoms with Crippen molar-refractivity contribution >= 4 is 0 Å². The van der Waals surface area contributed by atoms with Crippen molar-refractivity contribution in [2.45, 2.75) is 25.3 Å². The molecule has 0 amide bonds. The van der Waals surface area contributed by atoms with Crippen molar-refractivity contribution in [1.82, 2.24) is 10.2 Å². The molecule has 1 saturated heterocycles. The van der Waals surface area contributed by atoms with Crippen LogP contribution in [0.3, 0.4) is 0 Å². The first-order chi connectivity index (χ1) is 7.88. The highest BCUT2D eigenvalue weighted by Crippen LogP contribution is 2.10. The van der Waals surface area contributed by atoms with Crippen molar-refractivity contribution < 1.29 is 0 Å². The molecule has 1 aromatic rings. The van der Waals surface area contributed by atoms with Crippen LogP contribution in [0, 0.1) is 0 Å². The summed E-state index contributed by atoms with van der Waals surface area (Å²) >= 11 is 0. The Hall–Kier alpha value is -0.860. The summed E-state index contributed by atoms with van der Waals surface area (Å²) in [7, 11) is 2.07.